The molecular formula is C21H26N2O2. The van der Waals surface area contributed by atoms with Gasteiger partial charge < -0.3 is 10.4 Å². The first-order valence-corrected chi connectivity index (χ1v) is 8.89. The molecule has 0 aliphatic carbocycles. The number of carbonyl (C=O) groups is 1. The maximum atomic E-state index is 12.6. The first kappa shape index (κ1) is 17.6. The lowest BCUT2D eigenvalue weighted by Gasteiger charge is -2.18. The third-order valence-corrected chi connectivity index (χ3v) is 4.86. The molecule has 3 rings (SSSR count). The van der Waals surface area contributed by atoms with E-state index in [2.05, 4.69) is 65.7 Å². The van der Waals surface area contributed by atoms with Crippen LogP contribution in [-0.2, 0) is 11.3 Å². The molecule has 4 nitrogen and oxygen atoms in total. The first-order valence-electron chi connectivity index (χ1n) is 8.89. The second kappa shape index (κ2) is 8.28. The number of aliphatic hydroxyl groups is 1. The molecule has 1 saturated heterocycles. The van der Waals surface area contributed by atoms with E-state index in [9.17, 15) is 4.79 Å². The molecule has 0 radical (unpaired) electrons. The van der Waals surface area contributed by atoms with E-state index >= 15 is 0 Å². The average molecular weight is 338 g/mol. The Bertz CT molecular complexity index is 702. The summed E-state index contributed by atoms with van der Waals surface area (Å²) in [4.78, 5) is 15.0. The summed E-state index contributed by atoms with van der Waals surface area (Å²) in [5.74, 6) is 0.135. The molecule has 132 valence electrons. The average Bonchev–Trinajstić information content (AvgIpc) is 3.04. The minimum absolute atomic E-state index is 0.0265. The van der Waals surface area contributed by atoms with Gasteiger partial charge in [-0.05, 0) is 18.1 Å². The smallest absolute Gasteiger partial charge is 0.225 e. The lowest BCUT2D eigenvalue weighted by Crippen LogP contribution is -2.36. The van der Waals surface area contributed by atoms with Crippen LogP contribution in [0.5, 0.6) is 0 Å². The van der Waals surface area contributed by atoms with E-state index in [4.69, 9.17) is 5.11 Å². The molecule has 0 unspecified atom stereocenters. The molecule has 1 aliphatic rings. The van der Waals surface area contributed by atoms with Gasteiger partial charge in [0.1, 0.15) is 0 Å². The summed E-state index contributed by atoms with van der Waals surface area (Å²) in [6.45, 7) is 4.84. The molecule has 0 bridgehead atoms. The highest BCUT2D eigenvalue weighted by Crippen LogP contribution is 2.34. The van der Waals surface area contributed by atoms with Gasteiger partial charge in [0.05, 0.1) is 12.5 Å². The van der Waals surface area contributed by atoms with Crippen LogP contribution in [0.2, 0.25) is 0 Å². The largest absolute Gasteiger partial charge is 0.395 e. The molecule has 2 atom stereocenters. The highest BCUT2D eigenvalue weighted by molar-refractivity contribution is 5.80. The molecular weight excluding hydrogens is 312 g/mol. The van der Waals surface area contributed by atoms with Crippen molar-refractivity contribution in [3.05, 3.63) is 71.3 Å². The zero-order chi connectivity index (χ0) is 17.6. The van der Waals surface area contributed by atoms with E-state index in [0.717, 1.165) is 19.6 Å². The quantitative estimate of drug-likeness (QED) is 0.850. The van der Waals surface area contributed by atoms with Crippen molar-refractivity contribution < 1.29 is 9.90 Å². The summed E-state index contributed by atoms with van der Waals surface area (Å²) in [5.41, 5.74) is 3.70. The molecule has 25 heavy (non-hydrogen) atoms. The van der Waals surface area contributed by atoms with Gasteiger partial charge in [0.2, 0.25) is 5.91 Å². The Morgan fingerprint density at radius 1 is 1.16 bits per heavy atom. The van der Waals surface area contributed by atoms with Crippen LogP contribution in [-0.4, -0.2) is 42.2 Å². The Morgan fingerprint density at radius 2 is 1.96 bits per heavy atom. The van der Waals surface area contributed by atoms with Gasteiger partial charge in [0.25, 0.3) is 0 Å². The van der Waals surface area contributed by atoms with Crippen molar-refractivity contribution in [1.29, 1.82) is 0 Å². The van der Waals surface area contributed by atoms with Crippen molar-refractivity contribution in [2.45, 2.75) is 19.4 Å². The van der Waals surface area contributed by atoms with Crippen molar-refractivity contribution in [3.63, 3.8) is 0 Å². The van der Waals surface area contributed by atoms with Crippen LogP contribution >= 0.6 is 0 Å². The van der Waals surface area contributed by atoms with E-state index < -0.39 is 0 Å². The topological polar surface area (TPSA) is 52.6 Å². The zero-order valence-corrected chi connectivity index (χ0v) is 14.7. The Hall–Kier alpha value is -2.17. The van der Waals surface area contributed by atoms with Crippen LogP contribution in [0.4, 0.5) is 0 Å². The monoisotopic (exact) mass is 338 g/mol. The third-order valence-electron chi connectivity index (χ3n) is 4.86. The standard InChI is InChI=1S/C21H26N2O2/c1-16-6-5-9-18(12-16)19-14-23(13-17-7-3-2-4-8-17)15-20(19)21(25)22-10-11-24/h2-9,12,19-20,24H,10-11,13-15H2,1H3,(H,22,25)/t19-,20+/m0/s1. The fraction of sp³-hybridized carbons (Fsp3) is 0.381. The lowest BCUT2D eigenvalue weighted by atomic mass is 9.87. The third kappa shape index (κ3) is 4.47. The van der Waals surface area contributed by atoms with Gasteiger partial charge in [0.15, 0.2) is 0 Å². The number of nitrogens with zero attached hydrogens (tertiary/aromatic N) is 1. The number of amides is 1. The van der Waals surface area contributed by atoms with Gasteiger partial charge in [-0.2, -0.15) is 0 Å². The number of aryl methyl sites for hydroxylation is 1. The van der Waals surface area contributed by atoms with Gasteiger partial charge in [0, 0.05) is 32.1 Å². The van der Waals surface area contributed by atoms with Crippen LogP contribution in [0, 0.1) is 12.8 Å². The summed E-state index contributed by atoms with van der Waals surface area (Å²) < 4.78 is 0. The molecule has 0 saturated carbocycles. The van der Waals surface area contributed by atoms with Crippen LogP contribution < -0.4 is 5.32 Å². The molecule has 2 aromatic rings. The Kier molecular flexibility index (Phi) is 5.84. The van der Waals surface area contributed by atoms with E-state index in [1.165, 1.54) is 16.7 Å². The SMILES string of the molecule is Cc1cccc([C@@H]2CN(Cc3ccccc3)C[C@H]2C(=O)NCCO)c1. The number of hydrogen-bond acceptors (Lipinski definition) is 3. The number of benzene rings is 2. The van der Waals surface area contributed by atoms with Crippen molar-refractivity contribution in [1.82, 2.24) is 10.2 Å². The molecule has 1 aliphatic heterocycles. The van der Waals surface area contributed by atoms with Crippen LogP contribution in [0.1, 0.15) is 22.6 Å². The van der Waals surface area contributed by atoms with Gasteiger partial charge in [-0.25, -0.2) is 0 Å². The summed E-state index contributed by atoms with van der Waals surface area (Å²) in [6, 6.07) is 18.8. The Labute approximate surface area is 149 Å². The second-order valence-corrected chi connectivity index (χ2v) is 6.82. The van der Waals surface area contributed by atoms with Crippen molar-refractivity contribution in [3.8, 4) is 0 Å². The molecule has 0 aromatic heterocycles. The van der Waals surface area contributed by atoms with Crippen LogP contribution in [0.25, 0.3) is 0 Å². The van der Waals surface area contributed by atoms with E-state index in [0.29, 0.717) is 6.54 Å². The number of hydrogen-bond donors (Lipinski definition) is 2. The van der Waals surface area contributed by atoms with Crippen molar-refractivity contribution >= 4 is 5.91 Å². The number of likely N-dealkylation sites (tertiary alicyclic amines) is 1. The number of carbonyl (C=O) groups excluding carboxylic acids is 1. The van der Waals surface area contributed by atoms with Gasteiger partial charge in [-0.1, -0.05) is 60.2 Å². The summed E-state index contributed by atoms with van der Waals surface area (Å²) in [6.07, 6.45) is 0. The Balaban J connectivity index is 1.78. The highest BCUT2D eigenvalue weighted by Gasteiger charge is 2.38. The molecule has 1 fully saturated rings. The highest BCUT2D eigenvalue weighted by atomic mass is 16.3. The number of aliphatic hydroxyl groups excluding tert-OH is 1. The Morgan fingerprint density at radius 3 is 2.68 bits per heavy atom. The van der Waals surface area contributed by atoms with Crippen LogP contribution in [0.3, 0.4) is 0 Å². The fourth-order valence-electron chi connectivity index (χ4n) is 3.67. The van der Waals surface area contributed by atoms with E-state index in [-0.39, 0.29) is 24.3 Å². The van der Waals surface area contributed by atoms with Gasteiger partial charge in [-0.15, -0.1) is 0 Å². The molecule has 4 heteroatoms. The summed E-state index contributed by atoms with van der Waals surface area (Å²) >= 11 is 0. The summed E-state index contributed by atoms with van der Waals surface area (Å²) in [7, 11) is 0. The maximum absolute atomic E-state index is 12.6. The lowest BCUT2D eigenvalue weighted by molar-refractivity contribution is -0.125. The van der Waals surface area contributed by atoms with Gasteiger partial charge >= 0.3 is 0 Å². The van der Waals surface area contributed by atoms with Crippen molar-refractivity contribution in [2.24, 2.45) is 5.92 Å². The van der Waals surface area contributed by atoms with Gasteiger partial charge in [-0.3, -0.25) is 9.69 Å². The second-order valence-electron chi connectivity index (χ2n) is 6.82. The molecule has 1 heterocycles. The normalized spacial score (nSPS) is 20.6. The molecule has 2 aromatic carbocycles. The molecule has 1 amide bonds. The summed E-state index contributed by atoms with van der Waals surface area (Å²) in [5, 5.41) is 11.9. The van der Waals surface area contributed by atoms with Crippen LogP contribution in [0.15, 0.2) is 54.6 Å². The number of nitrogens with one attached hydrogen (secondary N) is 1. The minimum atomic E-state index is -0.0861. The maximum Gasteiger partial charge on any atom is 0.225 e. The van der Waals surface area contributed by atoms with Crippen molar-refractivity contribution in [2.75, 3.05) is 26.2 Å². The minimum Gasteiger partial charge on any atom is -0.395 e. The van der Waals surface area contributed by atoms with E-state index in [1.807, 2.05) is 6.07 Å². The van der Waals surface area contributed by atoms with E-state index in [1.54, 1.807) is 0 Å². The predicted octanol–water partition coefficient (Wildman–Crippen LogP) is 2.32. The zero-order valence-electron chi connectivity index (χ0n) is 14.7. The fourth-order valence-corrected chi connectivity index (χ4v) is 3.67. The molecule has 2 N–H and O–H groups in total. The predicted molar refractivity (Wildman–Crippen MR) is 99.2 cm³/mol. The number of rotatable bonds is 6. The first-order chi connectivity index (χ1) is 12.2. The molecule has 0 spiro atoms.